The molecule has 4 N–H and O–H groups in total. The van der Waals surface area contributed by atoms with E-state index in [1.165, 1.54) is 5.56 Å². The summed E-state index contributed by atoms with van der Waals surface area (Å²) in [4.78, 5) is 12.5. The normalized spacial score (nSPS) is 10.5. The number of rotatable bonds is 4. The first kappa shape index (κ1) is 17.9. The third kappa shape index (κ3) is 4.32. The summed E-state index contributed by atoms with van der Waals surface area (Å²) in [5, 5.41) is 6.12. The number of carbonyl (C=O) groups is 1. The number of nitrogens with two attached hydrogens (primary N) is 1. The lowest BCUT2D eigenvalue weighted by Gasteiger charge is -2.15. The van der Waals surface area contributed by atoms with Crippen LogP contribution in [0.4, 0.5) is 11.4 Å². The van der Waals surface area contributed by atoms with E-state index in [1.807, 2.05) is 50.2 Å². The zero-order valence-electron chi connectivity index (χ0n) is 14.4. The van der Waals surface area contributed by atoms with Crippen molar-refractivity contribution in [2.75, 3.05) is 10.6 Å². The SMILES string of the molecule is Cc1cc(NC(N)=S)cc(C)c1NC(=O)c1ccc(C(C)C)cc1. The van der Waals surface area contributed by atoms with E-state index in [4.69, 9.17) is 18.0 Å². The summed E-state index contributed by atoms with van der Waals surface area (Å²) < 4.78 is 0. The molecule has 0 atom stereocenters. The monoisotopic (exact) mass is 341 g/mol. The van der Waals surface area contributed by atoms with E-state index in [-0.39, 0.29) is 11.0 Å². The highest BCUT2D eigenvalue weighted by Crippen LogP contribution is 2.25. The lowest BCUT2D eigenvalue weighted by molar-refractivity contribution is 0.102. The summed E-state index contributed by atoms with van der Waals surface area (Å²) in [6.45, 7) is 8.14. The van der Waals surface area contributed by atoms with Crippen molar-refractivity contribution in [2.24, 2.45) is 5.73 Å². The topological polar surface area (TPSA) is 67.2 Å². The highest BCUT2D eigenvalue weighted by molar-refractivity contribution is 7.80. The van der Waals surface area contributed by atoms with Crippen LogP contribution in [0.5, 0.6) is 0 Å². The Bertz CT molecular complexity index is 744. The summed E-state index contributed by atoms with van der Waals surface area (Å²) in [6, 6.07) is 11.5. The molecular formula is C19H23N3OS. The number of amides is 1. The molecule has 1 amide bonds. The Morgan fingerprint density at radius 1 is 1.04 bits per heavy atom. The Labute approximate surface area is 148 Å². The van der Waals surface area contributed by atoms with Crippen LogP contribution in [0, 0.1) is 13.8 Å². The van der Waals surface area contributed by atoms with Crippen molar-refractivity contribution >= 4 is 34.6 Å². The van der Waals surface area contributed by atoms with Crippen LogP contribution in [0.2, 0.25) is 0 Å². The summed E-state index contributed by atoms with van der Waals surface area (Å²) >= 11 is 4.86. The van der Waals surface area contributed by atoms with Gasteiger partial charge in [0.1, 0.15) is 0 Å². The summed E-state index contributed by atoms with van der Waals surface area (Å²) in [5.74, 6) is 0.326. The number of hydrogen-bond donors (Lipinski definition) is 3. The van der Waals surface area contributed by atoms with Crippen molar-refractivity contribution in [2.45, 2.75) is 33.6 Å². The molecule has 0 saturated carbocycles. The summed E-state index contributed by atoms with van der Waals surface area (Å²) in [6.07, 6.45) is 0. The van der Waals surface area contributed by atoms with E-state index in [2.05, 4.69) is 24.5 Å². The molecule has 5 heteroatoms. The molecule has 2 aromatic rings. The van der Waals surface area contributed by atoms with Gasteiger partial charge in [0, 0.05) is 16.9 Å². The first-order valence-electron chi connectivity index (χ1n) is 7.87. The van der Waals surface area contributed by atoms with Crippen molar-refractivity contribution in [3.05, 3.63) is 58.7 Å². The maximum atomic E-state index is 12.5. The van der Waals surface area contributed by atoms with E-state index >= 15 is 0 Å². The van der Waals surface area contributed by atoms with Crippen LogP contribution in [0.15, 0.2) is 36.4 Å². The average molecular weight is 341 g/mol. The average Bonchev–Trinajstić information content (AvgIpc) is 2.50. The van der Waals surface area contributed by atoms with Gasteiger partial charge in [-0.2, -0.15) is 0 Å². The second kappa shape index (κ2) is 7.45. The molecule has 0 saturated heterocycles. The molecule has 0 aliphatic carbocycles. The quantitative estimate of drug-likeness (QED) is 0.724. The molecule has 0 spiro atoms. The second-order valence-electron chi connectivity index (χ2n) is 6.21. The molecule has 0 aromatic heterocycles. The fourth-order valence-corrected chi connectivity index (χ4v) is 2.70. The van der Waals surface area contributed by atoms with Crippen LogP contribution in [0.1, 0.15) is 46.8 Å². The Kier molecular flexibility index (Phi) is 5.57. The molecule has 24 heavy (non-hydrogen) atoms. The Morgan fingerprint density at radius 3 is 2.04 bits per heavy atom. The molecule has 2 aromatic carbocycles. The molecule has 0 heterocycles. The van der Waals surface area contributed by atoms with E-state index in [9.17, 15) is 4.79 Å². The molecule has 0 bridgehead atoms. The maximum absolute atomic E-state index is 12.5. The van der Waals surface area contributed by atoms with Crippen molar-refractivity contribution in [3.63, 3.8) is 0 Å². The minimum atomic E-state index is -0.119. The van der Waals surface area contributed by atoms with Crippen LogP contribution in [0.3, 0.4) is 0 Å². The molecule has 126 valence electrons. The van der Waals surface area contributed by atoms with Crippen LogP contribution < -0.4 is 16.4 Å². The Morgan fingerprint density at radius 2 is 1.58 bits per heavy atom. The van der Waals surface area contributed by atoms with E-state index < -0.39 is 0 Å². The molecule has 4 nitrogen and oxygen atoms in total. The minimum Gasteiger partial charge on any atom is -0.376 e. The molecule has 0 fully saturated rings. The van der Waals surface area contributed by atoms with Gasteiger partial charge in [-0.3, -0.25) is 4.79 Å². The van der Waals surface area contributed by atoms with Gasteiger partial charge in [-0.15, -0.1) is 0 Å². The molecule has 0 aliphatic heterocycles. The van der Waals surface area contributed by atoms with E-state index in [0.717, 1.165) is 22.5 Å². The third-order valence-corrected chi connectivity index (χ3v) is 3.98. The number of nitrogens with one attached hydrogen (secondary N) is 2. The standard InChI is InChI=1S/C19H23N3OS/c1-11(2)14-5-7-15(8-6-14)18(23)22-17-12(3)9-16(10-13(17)4)21-19(20)24/h5-11H,1-4H3,(H,22,23)(H3,20,21,24). The van der Waals surface area contributed by atoms with Crippen molar-refractivity contribution in [3.8, 4) is 0 Å². The zero-order valence-corrected chi connectivity index (χ0v) is 15.3. The highest BCUT2D eigenvalue weighted by Gasteiger charge is 2.11. The van der Waals surface area contributed by atoms with Gasteiger partial charge in [-0.05, 0) is 72.9 Å². The number of aryl methyl sites for hydroxylation is 2. The maximum Gasteiger partial charge on any atom is 0.255 e. The minimum absolute atomic E-state index is 0.119. The molecule has 0 radical (unpaired) electrons. The van der Waals surface area contributed by atoms with Crippen molar-refractivity contribution in [1.82, 2.24) is 0 Å². The van der Waals surface area contributed by atoms with Crippen LogP contribution in [-0.4, -0.2) is 11.0 Å². The van der Waals surface area contributed by atoms with Crippen LogP contribution >= 0.6 is 12.2 Å². The number of benzene rings is 2. The first-order chi connectivity index (χ1) is 11.3. The van der Waals surface area contributed by atoms with Crippen LogP contribution in [-0.2, 0) is 0 Å². The summed E-state index contributed by atoms with van der Waals surface area (Å²) in [5.41, 5.74) is 10.9. The predicted molar refractivity (Wildman–Crippen MR) is 105 cm³/mol. The number of thiocarbonyl (C=S) groups is 1. The predicted octanol–water partition coefficient (Wildman–Crippen LogP) is 4.33. The third-order valence-electron chi connectivity index (χ3n) is 3.88. The van der Waals surface area contributed by atoms with Gasteiger partial charge < -0.3 is 16.4 Å². The number of hydrogen-bond acceptors (Lipinski definition) is 2. The van der Waals surface area contributed by atoms with Gasteiger partial charge in [0.05, 0.1) is 0 Å². The van der Waals surface area contributed by atoms with Gasteiger partial charge in [-0.25, -0.2) is 0 Å². The number of carbonyl (C=O) groups excluding carboxylic acids is 1. The van der Waals surface area contributed by atoms with Gasteiger partial charge >= 0.3 is 0 Å². The Hall–Kier alpha value is -2.40. The van der Waals surface area contributed by atoms with Gasteiger partial charge in [0.2, 0.25) is 0 Å². The lowest BCUT2D eigenvalue weighted by Crippen LogP contribution is -2.19. The lowest BCUT2D eigenvalue weighted by atomic mass is 10.0. The fraction of sp³-hybridized carbons (Fsp3) is 0.263. The van der Waals surface area contributed by atoms with E-state index in [1.54, 1.807) is 0 Å². The number of anilines is 2. The van der Waals surface area contributed by atoms with E-state index in [0.29, 0.717) is 11.5 Å². The second-order valence-corrected chi connectivity index (χ2v) is 6.64. The first-order valence-corrected chi connectivity index (χ1v) is 8.27. The zero-order chi connectivity index (χ0) is 17.9. The largest absolute Gasteiger partial charge is 0.376 e. The van der Waals surface area contributed by atoms with Gasteiger partial charge in [-0.1, -0.05) is 26.0 Å². The fourth-order valence-electron chi connectivity index (χ4n) is 2.58. The smallest absolute Gasteiger partial charge is 0.255 e. The summed E-state index contributed by atoms with van der Waals surface area (Å²) in [7, 11) is 0. The highest BCUT2D eigenvalue weighted by atomic mass is 32.1. The van der Waals surface area contributed by atoms with Crippen molar-refractivity contribution < 1.29 is 4.79 Å². The van der Waals surface area contributed by atoms with Crippen molar-refractivity contribution in [1.29, 1.82) is 0 Å². The van der Waals surface area contributed by atoms with Gasteiger partial charge in [0.15, 0.2) is 5.11 Å². The molecular weight excluding hydrogens is 318 g/mol. The van der Waals surface area contributed by atoms with Crippen LogP contribution in [0.25, 0.3) is 0 Å². The Balaban J connectivity index is 2.21. The molecule has 0 aliphatic rings. The van der Waals surface area contributed by atoms with Gasteiger partial charge in [0.25, 0.3) is 5.91 Å². The molecule has 0 unspecified atom stereocenters. The molecule has 2 rings (SSSR count).